The first-order valence-corrected chi connectivity index (χ1v) is 14.6. The van der Waals surface area contributed by atoms with Gasteiger partial charge < -0.3 is 15.7 Å². The van der Waals surface area contributed by atoms with Crippen LogP contribution >= 0.6 is 0 Å². The average molecular weight is 557 g/mol. The molecule has 1 aliphatic heterocycles. The summed E-state index contributed by atoms with van der Waals surface area (Å²) >= 11 is 0. The fraction of sp³-hybridized carbons (Fsp3) is 0.286. The third-order valence-electron chi connectivity index (χ3n) is 8.15. The maximum Gasteiger partial charge on any atom is 0.319 e. The zero-order valence-corrected chi connectivity index (χ0v) is 24.3. The van der Waals surface area contributed by atoms with Crippen molar-refractivity contribution in [3.63, 3.8) is 0 Å². The highest BCUT2D eigenvalue weighted by Crippen LogP contribution is 2.44. The molecule has 1 saturated carbocycles. The number of nitrogens with zero attached hydrogens (tertiary/aromatic N) is 2. The minimum Gasteiger partial charge on any atom is -0.507 e. The number of amides is 2. The van der Waals surface area contributed by atoms with Crippen LogP contribution in [0.15, 0.2) is 106 Å². The molecule has 0 bridgehead atoms. The number of hydrogen-bond acceptors (Lipinski definition) is 4. The molecule has 5 rings (SSSR count). The predicted octanol–water partition coefficient (Wildman–Crippen LogP) is 6.88. The van der Waals surface area contributed by atoms with Gasteiger partial charge in [0.1, 0.15) is 13.6 Å². The molecule has 3 aromatic carbocycles. The monoisotopic (exact) mass is 556 g/mol. The molecule has 7 heteroatoms. The van der Waals surface area contributed by atoms with Crippen LogP contribution in [0.25, 0.3) is 0 Å². The number of allylic oxidation sites excluding steroid dienone is 4. The van der Waals surface area contributed by atoms with Gasteiger partial charge in [0, 0.05) is 36.8 Å². The molecule has 2 amide bonds. The number of phenols is 1. The number of phenolic OH excluding ortho intramolecular Hbond substituents is 1. The Morgan fingerprint density at radius 2 is 1.83 bits per heavy atom. The Balaban J connectivity index is 1.23. The van der Waals surface area contributed by atoms with Crippen LogP contribution < -0.4 is 10.6 Å². The third kappa shape index (κ3) is 7.27. The number of aryl methyl sites for hydroxylation is 1. The van der Waals surface area contributed by atoms with Crippen LogP contribution in [-0.2, 0) is 13.0 Å². The maximum absolute atomic E-state index is 12.3. The quantitative estimate of drug-likeness (QED) is 0.209. The summed E-state index contributed by atoms with van der Waals surface area (Å²) in [7, 11) is 8.01. The first-order valence-electron chi connectivity index (χ1n) is 14.6. The van der Waals surface area contributed by atoms with E-state index in [1.54, 1.807) is 19.3 Å². The highest BCUT2D eigenvalue weighted by atomic mass is 16.3. The Labute approximate surface area is 249 Å². The standard InChI is InChI=1S/C35H37BN4O2/c1-23-6-5-7-28(18-23)39-35(42)38-21-25-12-10-24(11-13-25)19-26-14-16-29(26)27-15-17-32(31(36)22-37-2)40-33(20-27)30-8-3-4-9-34(30)41/h3-13,18,20,22,26,29,41H,14-17,19,21H2,1-2H3,(H2,38,39,42)/b32-31-,37-22?. The largest absolute Gasteiger partial charge is 0.507 e. The molecule has 3 N–H and O–H groups in total. The van der Waals surface area contributed by atoms with Gasteiger partial charge in [0.15, 0.2) is 0 Å². The van der Waals surface area contributed by atoms with E-state index in [4.69, 9.17) is 12.8 Å². The van der Waals surface area contributed by atoms with E-state index in [9.17, 15) is 9.90 Å². The third-order valence-corrected chi connectivity index (χ3v) is 8.15. The molecule has 2 atom stereocenters. The molecular formula is C35H37BN4O2. The van der Waals surface area contributed by atoms with Crippen molar-refractivity contribution < 1.29 is 9.90 Å². The number of aliphatic imine (C=N–C) groups is 2. The lowest BCUT2D eigenvalue weighted by molar-refractivity contribution is 0.208. The SMILES string of the molecule is [B]/C(C=NC)=C1/CCC(C2CCC2Cc2ccc(CNC(=O)Nc3cccc(C)c3)cc2)=CC(c2ccccc2O)=N1. The number of aromatic hydroxyl groups is 1. The Morgan fingerprint density at radius 1 is 1.05 bits per heavy atom. The second-order valence-corrected chi connectivity index (χ2v) is 11.2. The van der Waals surface area contributed by atoms with E-state index >= 15 is 0 Å². The molecule has 2 unspecified atom stereocenters. The van der Waals surface area contributed by atoms with E-state index in [-0.39, 0.29) is 11.8 Å². The Kier molecular flexibility index (Phi) is 9.37. The van der Waals surface area contributed by atoms with Gasteiger partial charge in [0.05, 0.1) is 5.71 Å². The van der Waals surface area contributed by atoms with E-state index in [1.807, 2.05) is 49.4 Å². The Hall–Kier alpha value is -4.39. The molecule has 0 saturated heterocycles. The minimum absolute atomic E-state index is 0.211. The summed E-state index contributed by atoms with van der Waals surface area (Å²) in [5.41, 5.74) is 8.43. The van der Waals surface area contributed by atoms with Gasteiger partial charge in [-0.25, -0.2) is 4.79 Å². The van der Waals surface area contributed by atoms with E-state index in [0.29, 0.717) is 29.4 Å². The predicted molar refractivity (Wildman–Crippen MR) is 173 cm³/mol. The molecule has 3 aromatic rings. The van der Waals surface area contributed by atoms with Crippen LogP contribution in [0.1, 0.15) is 47.9 Å². The van der Waals surface area contributed by atoms with Crippen molar-refractivity contribution in [2.75, 3.05) is 12.4 Å². The van der Waals surface area contributed by atoms with Gasteiger partial charge in [-0.3, -0.25) is 9.98 Å². The smallest absolute Gasteiger partial charge is 0.319 e. The van der Waals surface area contributed by atoms with Gasteiger partial charge in [-0.05, 0) is 97.9 Å². The summed E-state index contributed by atoms with van der Waals surface area (Å²) in [4.78, 5) is 21.3. The number of carbonyl (C=O) groups excluding carboxylic acids is 1. The van der Waals surface area contributed by atoms with Gasteiger partial charge in [0.25, 0.3) is 0 Å². The molecule has 0 spiro atoms. The first-order chi connectivity index (χ1) is 20.4. The Morgan fingerprint density at radius 3 is 2.55 bits per heavy atom. The van der Waals surface area contributed by atoms with Crippen LogP contribution in [0.4, 0.5) is 10.5 Å². The lowest BCUT2D eigenvalue weighted by Crippen LogP contribution is -2.30. The van der Waals surface area contributed by atoms with Crippen LogP contribution in [-0.4, -0.2) is 38.0 Å². The molecule has 212 valence electrons. The first kappa shape index (κ1) is 29.1. The summed E-state index contributed by atoms with van der Waals surface area (Å²) < 4.78 is 0. The van der Waals surface area contributed by atoms with Gasteiger partial charge in [-0.1, -0.05) is 59.6 Å². The van der Waals surface area contributed by atoms with Crippen molar-refractivity contribution >= 4 is 31.5 Å². The molecule has 6 nitrogen and oxygen atoms in total. The molecule has 42 heavy (non-hydrogen) atoms. The average Bonchev–Trinajstić information content (AvgIpc) is 3.18. The normalized spacial score (nSPS) is 19.8. The van der Waals surface area contributed by atoms with Crippen LogP contribution in [0.2, 0.25) is 0 Å². The van der Waals surface area contributed by atoms with Crippen molar-refractivity contribution in [1.82, 2.24) is 5.32 Å². The summed E-state index contributed by atoms with van der Waals surface area (Å²) in [6.07, 6.45) is 8.77. The number of para-hydroxylation sites is 1. The van der Waals surface area contributed by atoms with Crippen molar-refractivity contribution in [2.24, 2.45) is 21.8 Å². The van der Waals surface area contributed by atoms with Crippen LogP contribution in [0, 0.1) is 18.8 Å². The number of rotatable bonds is 8. The van der Waals surface area contributed by atoms with Gasteiger partial charge in [-0.2, -0.15) is 0 Å². The van der Waals surface area contributed by atoms with Gasteiger partial charge >= 0.3 is 6.03 Å². The second-order valence-electron chi connectivity index (χ2n) is 11.2. The number of urea groups is 1. The summed E-state index contributed by atoms with van der Waals surface area (Å²) in [6.45, 7) is 2.46. The lowest BCUT2D eigenvalue weighted by atomic mass is 9.66. The number of anilines is 1. The van der Waals surface area contributed by atoms with Crippen molar-refractivity contribution in [2.45, 2.75) is 45.6 Å². The minimum atomic E-state index is -0.216. The zero-order valence-electron chi connectivity index (χ0n) is 24.3. The van der Waals surface area contributed by atoms with E-state index < -0.39 is 0 Å². The number of carbonyl (C=O) groups is 1. The maximum atomic E-state index is 12.3. The molecule has 1 heterocycles. The molecule has 1 fully saturated rings. The number of nitrogens with one attached hydrogen (secondary N) is 2. The molecule has 1 aliphatic carbocycles. The highest BCUT2D eigenvalue weighted by molar-refractivity contribution is 6.33. The summed E-state index contributed by atoms with van der Waals surface area (Å²) in [5.74, 6) is 1.22. The van der Waals surface area contributed by atoms with E-state index in [1.165, 1.54) is 17.6 Å². The van der Waals surface area contributed by atoms with Crippen molar-refractivity contribution in [1.29, 1.82) is 0 Å². The van der Waals surface area contributed by atoms with Crippen LogP contribution in [0.5, 0.6) is 5.75 Å². The zero-order chi connectivity index (χ0) is 29.5. The summed E-state index contributed by atoms with van der Waals surface area (Å²) in [6, 6.07) is 23.4. The number of benzene rings is 3. The van der Waals surface area contributed by atoms with Crippen LogP contribution in [0.3, 0.4) is 0 Å². The summed E-state index contributed by atoms with van der Waals surface area (Å²) in [5, 5.41) is 16.4. The number of hydrogen-bond donors (Lipinski definition) is 3. The van der Waals surface area contributed by atoms with E-state index in [0.717, 1.165) is 53.9 Å². The Bertz CT molecular complexity index is 1560. The molecule has 2 aliphatic rings. The van der Waals surface area contributed by atoms with Gasteiger partial charge in [0.2, 0.25) is 0 Å². The molecular weight excluding hydrogens is 519 g/mol. The topological polar surface area (TPSA) is 86.1 Å². The van der Waals surface area contributed by atoms with Gasteiger partial charge in [-0.15, -0.1) is 0 Å². The lowest BCUT2D eigenvalue weighted by Gasteiger charge is -2.39. The highest BCUT2D eigenvalue weighted by Gasteiger charge is 2.34. The second kappa shape index (κ2) is 13.5. The molecule has 2 radical (unpaired) electrons. The molecule has 0 aromatic heterocycles. The van der Waals surface area contributed by atoms with Crippen molar-refractivity contribution in [3.05, 3.63) is 118 Å². The fourth-order valence-electron chi connectivity index (χ4n) is 5.77. The van der Waals surface area contributed by atoms with Crippen molar-refractivity contribution in [3.8, 4) is 5.75 Å². The fourth-order valence-corrected chi connectivity index (χ4v) is 5.77. The van der Waals surface area contributed by atoms with E-state index in [2.05, 4.69) is 46.0 Å².